The summed E-state index contributed by atoms with van der Waals surface area (Å²) in [4.78, 5) is 12.5. The Hall–Kier alpha value is -2.54. The standard InChI is InChI=1S/C22H30N2O4S/c1-5-6-8-18-11-13-19(14-12-18)23-22(25)16-24(29(4,26)27)20-9-7-10-21(15-20)28-17(2)3/h7,9-15,17H,5-6,8,16H2,1-4H3,(H,23,25). The first-order valence-electron chi connectivity index (χ1n) is 9.82. The number of benzene rings is 2. The average Bonchev–Trinajstić information content (AvgIpc) is 2.64. The molecule has 0 spiro atoms. The Morgan fingerprint density at radius 1 is 1.14 bits per heavy atom. The number of carbonyl (C=O) groups is 1. The van der Waals surface area contributed by atoms with Crippen LogP contribution in [0, 0.1) is 0 Å². The van der Waals surface area contributed by atoms with Crippen molar-refractivity contribution in [1.82, 2.24) is 0 Å². The van der Waals surface area contributed by atoms with E-state index in [-0.39, 0.29) is 12.6 Å². The molecule has 0 atom stereocenters. The van der Waals surface area contributed by atoms with E-state index in [1.807, 2.05) is 38.1 Å². The van der Waals surface area contributed by atoms with Crippen LogP contribution >= 0.6 is 0 Å². The van der Waals surface area contributed by atoms with E-state index in [4.69, 9.17) is 4.74 Å². The number of amides is 1. The van der Waals surface area contributed by atoms with Crippen molar-refractivity contribution in [2.24, 2.45) is 0 Å². The third kappa shape index (κ3) is 7.42. The number of nitrogens with one attached hydrogen (secondary N) is 1. The first-order valence-corrected chi connectivity index (χ1v) is 11.7. The number of sulfonamides is 1. The van der Waals surface area contributed by atoms with Gasteiger partial charge in [-0.3, -0.25) is 9.10 Å². The average molecular weight is 419 g/mol. The van der Waals surface area contributed by atoms with Crippen LogP contribution in [-0.4, -0.2) is 33.2 Å². The molecule has 0 fully saturated rings. The molecule has 158 valence electrons. The van der Waals surface area contributed by atoms with Gasteiger partial charge in [0.1, 0.15) is 12.3 Å². The number of hydrogen-bond donors (Lipinski definition) is 1. The molecule has 7 heteroatoms. The Bertz CT molecular complexity index is 909. The smallest absolute Gasteiger partial charge is 0.245 e. The number of unbranched alkanes of at least 4 members (excludes halogenated alkanes) is 1. The van der Waals surface area contributed by atoms with Gasteiger partial charge in [-0.25, -0.2) is 8.42 Å². The van der Waals surface area contributed by atoms with Crippen molar-refractivity contribution in [2.45, 2.75) is 46.1 Å². The summed E-state index contributed by atoms with van der Waals surface area (Å²) in [6.07, 6.45) is 4.29. The second-order valence-electron chi connectivity index (χ2n) is 7.28. The summed E-state index contributed by atoms with van der Waals surface area (Å²) >= 11 is 0. The maximum Gasteiger partial charge on any atom is 0.245 e. The minimum absolute atomic E-state index is 0.0412. The predicted molar refractivity (Wildman–Crippen MR) is 118 cm³/mol. The summed E-state index contributed by atoms with van der Waals surface area (Å²) in [5.74, 6) is 0.140. The highest BCUT2D eigenvalue weighted by Crippen LogP contribution is 2.24. The van der Waals surface area contributed by atoms with Crippen molar-refractivity contribution in [3.8, 4) is 5.75 Å². The summed E-state index contributed by atoms with van der Waals surface area (Å²) < 4.78 is 31.3. The van der Waals surface area contributed by atoms with Crippen LogP contribution in [0.4, 0.5) is 11.4 Å². The van der Waals surface area contributed by atoms with Gasteiger partial charge in [0.25, 0.3) is 0 Å². The molecule has 0 aliphatic rings. The van der Waals surface area contributed by atoms with Gasteiger partial charge in [0.15, 0.2) is 0 Å². The molecule has 1 N–H and O–H groups in total. The van der Waals surface area contributed by atoms with E-state index in [1.165, 1.54) is 5.56 Å². The van der Waals surface area contributed by atoms with Crippen LogP contribution in [0.5, 0.6) is 5.75 Å². The van der Waals surface area contributed by atoms with Crippen molar-refractivity contribution in [3.63, 3.8) is 0 Å². The zero-order valence-electron chi connectivity index (χ0n) is 17.5. The Morgan fingerprint density at radius 3 is 2.41 bits per heavy atom. The molecular formula is C22H30N2O4S. The molecule has 0 aliphatic heterocycles. The molecular weight excluding hydrogens is 388 g/mol. The largest absolute Gasteiger partial charge is 0.491 e. The molecule has 0 unspecified atom stereocenters. The SMILES string of the molecule is CCCCc1ccc(NC(=O)CN(c2cccc(OC(C)C)c2)S(C)(=O)=O)cc1. The van der Waals surface area contributed by atoms with Gasteiger partial charge in [-0.1, -0.05) is 31.5 Å². The van der Waals surface area contributed by atoms with E-state index in [0.29, 0.717) is 17.1 Å². The lowest BCUT2D eigenvalue weighted by molar-refractivity contribution is -0.114. The number of anilines is 2. The Kier molecular flexibility index (Phi) is 8.08. The zero-order valence-corrected chi connectivity index (χ0v) is 18.3. The van der Waals surface area contributed by atoms with E-state index in [2.05, 4.69) is 12.2 Å². The van der Waals surface area contributed by atoms with Crippen molar-refractivity contribution in [3.05, 3.63) is 54.1 Å². The zero-order chi connectivity index (χ0) is 21.4. The quantitative estimate of drug-likeness (QED) is 0.627. The second-order valence-corrected chi connectivity index (χ2v) is 9.19. The predicted octanol–water partition coefficient (Wildman–Crippen LogP) is 4.22. The Morgan fingerprint density at radius 2 is 1.83 bits per heavy atom. The highest BCUT2D eigenvalue weighted by atomic mass is 32.2. The summed E-state index contributed by atoms with van der Waals surface area (Å²) in [7, 11) is -3.65. The molecule has 0 saturated heterocycles. The topological polar surface area (TPSA) is 75.7 Å². The monoisotopic (exact) mass is 418 g/mol. The van der Waals surface area contributed by atoms with Gasteiger partial charge >= 0.3 is 0 Å². The van der Waals surface area contributed by atoms with Crippen molar-refractivity contribution in [2.75, 3.05) is 22.4 Å². The molecule has 2 aromatic rings. The Balaban J connectivity index is 2.11. The van der Waals surface area contributed by atoms with E-state index >= 15 is 0 Å². The fraction of sp³-hybridized carbons (Fsp3) is 0.409. The number of aryl methyl sites for hydroxylation is 1. The summed E-state index contributed by atoms with van der Waals surface area (Å²) in [6.45, 7) is 5.61. The highest BCUT2D eigenvalue weighted by molar-refractivity contribution is 7.92. The third-order valence-corrected chi connectivity index (χ3v) is 5.36. The maximum absolute atomic E-state index is 12.5. The molecule has 2 aromatic carbocycles. The van der Waals surface area contributed by atoms with Gasteiger partial charge in [-0.15, -0.1) is 0 Å². The van der Waals surface area contributed by atoms with Gasteiger partial charge in [0.2, 0.25) is 15.9 Å². The highest BCUT2D eigenvalue weighted by Gasteiger charge is 2.21. The molecule has 0 heterocycles. The molecule has 0 aliphatic carbocycles. The van der Waals surface area contributed by atoms with Gasteiger partial charge in [0.05, 0.1) is 18.0 Å². The van der Waals surface area contributed by atoms with Crippen molar-refractivity contribution >= 4 is 27.3 Å². The van der Waals surface area contributed by atoms with Gasteiger partial charge in [-0.2, -0.15) is 0 Å². The van der Waals surface area contributed by atoms with Crippen LogP contribution in [0.2, 0.25) is 0 Å². The van der Waals surface area contributed by atoms with Gasteiger partial charge in [0, 0.05) is 11.8 Å². The van der Waals surface area contributed by atoms with E-state index in [9.17, 15) is 13.2 Å². The summed E-state index contributed by atoms with van der Waals surface area (Å²) in [5.41, 5.74) is 2.24. The van der Waals surface area contributed by atoms with Crippen LogP contribution in [0.15, 0.2) is 48.5 Å². The van der Waals surface area contributed by atoms with Crippen molar-refractivity contribution < 1.29 is 17.9 Å². The Labute approximate surface area is 173 Å². The fourth-order valence-electron chi connectivity index (χ4n) is 2.85. The number of carbonyl (C=O) groups excluding carboxylic acids is 1. The number of nitrogens with zero attached hydrogens (tertiary/aromatic N) is 1. The molecule has 29 heavy (non-hydrogen) atoms. The molecule has 0 radical (unpaired) electrons. The minimum Gasteiger partial charge on any atom is -0.491 e. The van der Waals surface area contributed by atoms with E-state index in [0.717, 1.165) is 29.8 Å². The van der Waals surface area contributed by atoms with Crippen LogP contribution in [0.1, 0.15) is 39.2 Å². The lowest BCUT2D eigenvalue weighted by Gasteiger charge is -2.23. The molecule has 0 aromatic heterocycles. The van der Waals surface area contributed by atoms with E-state index in [1.54, 1.807) is 24.3 Å². The molecule has 0 bridgehead atoms. The van der Waals surface area contributed by atoms with Crippen molar-refractivity contribution in [1.29, 1.82) is 0 Å². The fourth-order valence-corrected chi connectivity index (χ4v) is 3.70. The third-order valence-electron chi connectivity index (χ3n) is 4.22. The number of rotatable bonds is 10. The number of ether oxygens (including phenoxy) is 1. The van der Waals surface area contributed by atoms with Crippen LogP contribution in [-0.2, 0) is 21.2 Å². The van der Waals surface area contributed by atoms with Gasteiger partial charge in [-0.05, 0) is 56.5 Å². The molecule has 2 rings (SSSR count). The lowest BCUT2D eigenvalue weighted by atomic mass is 10.1. The molecule has 0 saturated carbocycles. The summed E-state index contributed by atoms with van der Waals surface area (Å²) in [5, 5.41) is 2.77. The van der Waals surface area contributed by atoms with Crippen LogP contribution in [0.3, 0.4) is 0 Å². The van der Waals surface area contributed by atoms with Gasteiger partial charge < -0.3 is 10.1 Å². The normalized spacial score (nSPS) is 11.3. The lowest BCUT2D eigenvalue weighted by Crippen LogP contribution is -2.37. The second kappa shape index (κ2) is 10.3. The number of hydrogen-bond acceptors (Lipinski definition) is 4. The molecule has 6 nitrogen and oxygen atoms in total. The van der Waals surface area contributed by atoms with Crippen LogP contribution < -0.4 is 14.4 Å². The van der Waals surface area contributed by atoms with Crippen LogP contribution in [0.25, 0.3) is 0 Å². The molecule has 1 amide bonds. The first-order chi connectivity index (χ1) is 13.7. The summed E-state index contributed by atoms with van der Waals surface area (Å²) in [6, 6.07) is 14.4. The first kappa shape index (κ1) is 22.7. The van der Waals surface area contributed by atoms with E-state index < -0.39 is 15.9 Å². The maximum atomic E-state index is 12.5. The minimum atomic E-state index is -3.65.